The summed E-state index contributed by atoms with van der Waals surface area (Å²) in [6.45, 7) is 2.56. The van der Waals surface area contributed by atoms with Crippen LogP contribution in [0.3, 0.4) is 0 Å². The van der Waals surface area contributed by atoms with Gasteiger partial charge >= 0.3 is 5.97 Å². The molecule has 1 aliphatic heterocycles. The third-order valence-corrected chi connectivity index (χ3v) is 3.48. The summed E-state index contributed by atoms with van der Waals surface area (Å²) in [6, 6.07) is 5.44. The second-order valence-electron chi connectivity index (χ2n) is 4.69. The van der Waals surface area contributed by atoms with Crippen molar-refractivity contribution in [2.45, 2.75) is 13.0 Å². The number of rotatable bonds is 4. The molecule has 1 heterocycles. The second-order valence-corrected chi connectivity index (χ2v) is 4.69. The number of amides is 1. The van der Waals surface area contributed by atoms with Crippen LogP contribution in [0.4, 0.5) is 0 Å². The van der Waals surface area contributed by atoms with Crippen molar-refractivity contribution >= 4 is 11.9 Å². The van der Waals surface area contributed by atoms with E-state index in [1.807, 2.05) is 0 Å². The number of phenolic OH excluding ortho intramolecular Hbond substituents is 1. The van der Waals surface area contributed by atoms with E-state index in [9.17, 15) is 14.7 Å². The van der Waals surface area contributed by atoms with Gasteiger partial charge in [-0.1, -0.05) is 0 Å². The van der Waals surface area contributed by atoms with Crippen molar-refractivity contribution in [1.82, 2.24) is 4.90 Å². The molecule has 2 atom stereocenters. The smallest absolute Gasteiger partial charge is 0.311 e. The summed E-state index contributed by atoms with van der Waals surface area (Å²) < 4.78 is 5.20. The fraction of sp³-hybridized carbons (Fsp3) is 0.429. The average Bonchev–Trinajstić information content (AvgIpc) is 2.89. The van der Waals surface area contributed by atoms with E-state index in [1.165, 1.54) is 29.2 Å². The molecule has 6 heteroatoms. The average molecular weight is 279 g/mol. The van der Waals surface area contributed by atoms with Crippen molar-refractivity contribution in [2.75, 3.05) is 19.8 Å². The van der Waals surface area contributed by atoms with E-state index >= 15 is 0 Å². The summed E-state index contributed by atoms with van der Waals surface area (Å²) in [5.41, 5.74) is 0.417. The Morgan fingerprint density at radius 1 is 1.30 bits per heavy atom. The highest BCUT2D eigenvalue weighted by molar-refractivity contribution is 5.95. The Bertz CT molecular complexity index is 499. The molecule has 1 aromatic carbocycles. The van der Waals surface area contributed by atoms with Crippen LogP contribution in [0.15, 0.2) is 24.3 Å². The Balaban J connectivity index is 2.21. The van der Waals surface area contributed by atoms with Gasteiger partial charge in [0.25, 0.3) is 5.91 Å². The van der Waals surface area contributed by atoms with Gasteiger partial charge in [0.05, 0.1) is 19.3 Å². The molecule has 1 aliphatic rings. The minimum absolute atomic E-state index is 0.0808. The maximum Gasteiger partial charge on any atom is 0.311 e. The van der Waals surface area contributed by atoms with E-state index in [-0.39, 0.29) is 24.9 Å². The van der Waals surface area contributed by atoms with Gasteiger partial charge in [-0.25, -0.2) is 0 Å². The van der Waals surface area contributed by atoms with Crippen molar-refractivity contribution in [3.05, 3.63) is 29.8 Å². The number of benzene rings is 1. The number of carboxylic acids is 1. The number of aromatic hydroxyl groups is 1. The van der Waals surface area contributed by atoms with E-state index in [4.69, 9.17) is 9.84 Å². The maximum absolute atomic E-state index is 12.4. The van der Waals surface area contributed by atoms with Crippen LogP contribution in [0.5, 0.6) is 5.75 Å². The predicted molar refractivity (Wildman–Crippen MR) is 70.6 cm³/mol. The van der Waals surface area contributed by atoms with E-state index in [0.29, 0.717) is 12.1 Å². The highest BCUT2D eigenvalue weighted by Gasteiger charge is 2.39. The summed E-state index contributed by atoms with van der Waals surface area (Å²) in [5, 5.41) is 18.4. The third-order valence-electron chi connectivity index (χ3n) is 3.48. The standard InChI is InChI=1S/C14H17NO5/c1-2-15(12-8-20-7-11(12)14(18)19)13(17)9-3-5-10(16)6-4-9/h3-6,11-12,16H,2,7-8H2,1H3,(H,18,19). The molecule has 0 spiro atoms. The number of hydrogen-bond donors (Lipinski definition) is 2. The largest absolute Gasteiger partial charge is 0.508 e. The Kier molecular flexibility index (Phi) is 4.24. The Labute approximate surface area is 116 Å². The third kappa shape index (κ3) is 2.75. The molecule has 20 heavy (non-hydrogen) atoms. The molecule has 0 saturated carbocycles. The molecule has 0 bridgehead atoms. The summed E-state index contributed by atoms with van der Waals surface area (Å²) in [6.07, 6.45) is 0. The normalized spacial score (nSPS) is 21.6. The van der Waals surface area contributed by atoms with Crippen LogP contribution in [-0.2, 0) is 9.53 Å². The van der Waals surface area contributed by atoms with Crippen LogP contribution in [0.2, 0.25) is 0 Å². The molecule has 0 aliphatic carbocycles. The first-order chi connectivity index (χ1) is 9.54. The lowest BCUT2D eigenvalue weighted by Crippen LogP contribution is -2.46. The van der Waals surface area contributed by atoms with Crippen LogP contribution >= 0.6 is 0 Å². The van der Waals surface area contributed by atoms with Gasteiger partial charge in [-0.2, -0.15) is 0 Å². The van der Waals surface area contributed by atoms with Gasteiger partial charge in [-0.05, 0) is 31.2 Å². The van der Waals surface area contributed by atoms with E-state index in [1.54, 1.807) is 6.92 Å². The number of hydrogen-bond acceptors (Lipinski definition) is 4. The molecule has 1 fully saturated rings. The van der Waals surface area contributed by atoms with Crippen molar-refractivity contribution in [3.8, 4) is 5.75 Å². The molecular formula is C14H17NO5. The van der Waals surface area contributed by atoms with Gasteiger partial charge in [0.15, 0.2) is 0 Å². The minimum atomic E-state index is -0.954. The number of nitrogens with zero attached hydrogens (tertiary/aromatic N) is 1. The lowest BCUT2D eigenvalue weighted by Gasteiger charge is -2.29. The quantitative estimate of drug-likeness (QED) is 0.857. The van der Waals surface area contributed by atoms with E-state index in [2.05, 4.69) is 0 Å². The van der Waals surface area contributed by atoms with Gasteiger partial charge in [0.1, 0.15) is 11.7 Å². The molecular weight excluding hydrogens is 262 g/mol. The van der Waals surface area contributed by atoms with Gasteiger partial charge < -0.3 is 19.8 Å². The SMILES string of the molecule is CCN(C(=O)c1ccc(O)cc1)C1COCC1C(=O)O. The second kappa shape index (κ2) is 5.92. The van der Waals surface area contributed by atoms with E-state index < -0.39 is 17.9 Å². The first kappa shape index (κ1) is 14.3. The Morgan fingerprint density at radius 2 is 1.95 bits per heavy atom. The summed E-state index contributed by atoms with van der Waals surface area (Å²) in [7, 11) is 0. The molecule has 0 aromatic heterocycles. The van der Waals surface area contributed by atoms with Crippen LogP contribution in [-0.4, -0.2) is 52.8 Å². The molecule has 2 unspecified atom stereocenters. The zero-order valence-corrected chi connectivity index (χ0v) is 11.2. The molecule has 2 rings (SSSR count). The van der Waals surface area contributed by atoms with Crippen molar-refractivity contribution in [3.63, 3.8) is 0 Å². The summed E-state index contributed by atoms with van der Waals surface area (Å²) in [4.78, 5) is 25.1. The number of aliphatic carboxylic acids is 1. The summed E-state index contributed by atoms with van der Waals surface area (Å²) in [5.74, 6) is -1.83. The van der Waals surface area contributed by atoms with Gasteiger partial charge in [-0.15, -0.1) is 0 Å². The van der Waals surface area contributed by atoms with Gasteiger partial charge in [-0.3, -0.25) is 9.59 Å². The predicted octanol–water partition coefficient (Wildman–Crippen LogP) is 0.954. The number of likely N-dealkylation sites (N-methyl/N-ethyl adjacent to an activating group) is 1. The lowest BCUT2D eigenvalue weighted by atomic mass is 10.0. The van der Waals surface area contributed by atoms with Gasteiger partial charge in [0.2, 0.25) is 0 Å². The lowest BCUT2D eigenvalue weighted by molar-refractivity contribution is -0.142. The number of carbonyl (C=O) groups excluding carboxylic acids is 1. The molecule has 1 amide bonds. The molecule has 2 N–H and O–H groups in total. The highest BCUT2D eigenvalue weighted by atomic mass is 16.5. The summed E-state index contributed by atoms with van der Waals surface area (Å²) >= 11 is 0. The first-order valence-corrected chi connectivity index (χ1v) is 6.45. The van der Waals surface area contributed by atoms with Crippen LogP contribution in [0.1, 0.15) is 17.3 Å². The molecule has 108 valence electrons. The van der Waals surface area contributed by atoms with Gasteiger partial charge in [0, 0.05) is 12.1 Å². The topological polar surface area (TPSA) is 87.1 Å². The highest BCUT2D eigenvalue weighted by Crippen LogP contribution is 2.22. The Morgan fingerprint density at radius 3 is 2.50 bits per heavy atom. The molecule has 6 nitrogen and oxygen atoms in total. The van der Waals surface area contributed by atoms with Crippen LogP contribution in [0.25, 0.3) is 0 Å². The monoisotopic (exact) mass is 279 g/mol. The van der Waals surface area contributed by atoms with Crippen LogP contribution in [0, 0.1) is 5.92 Å². The van der Waals surface area contributed by atoms with Crippen molar-refractivity contribution in [1.29, 1.82) is 0 Å². The molecule has 1 saturated heterocycles. The zero-order valence-electron chi connectivity index (χ0n) is 11.2. The fourth-order valence-corrected chi connectivity index (χ4v) is 2.38. The maximum atomic E-state index is 12.4. The van der Waals surface area contributed by atoms with Crippen molar-refractivity contribution < 1.29 is 24.5 Å². The van der Waals surface area contributed by atoms with E-state index in [0.717, 1.165) is 0 Å². The Hall–Kier alpha value is -2.08. The number of carboxylic acid groups (broad SMARTS) is 1. The number of carbonyl (C=O) groups is 2. The number of phenols is 1. The number of ether oxygens (including phenoxy) is 1. The fourth-order valence-electron chi connectivity index (χ4n) is 2.38. The van der Waals surface area contributed by atoms with Crippen LogP contribution < -0.4 is 0 Å². The minimum Gasteiger partial charge on any atom is -0.508 e. The molecule has 1 aromatic rings. The molecule has 0 radical (unpaired) electrons. The van der Waals surface area contributed by atoms with Crippen molar-refractivity contribution in [2.24, 2.45) is 5.92 Å². The zero-order chi connectivity index (χ0) is 14.7. The first-order valence-electron chi connectivity index (χ1n) is 6.45.